The van der Waals surface area contributed by atoms with Crippen LogP contribution in [0.5, 0.6) is 11.5 Å². The first-order valence-electron chi connectivity index (χ1n) is 5.72. The van der Waals surface area contributed by atoms with Crippen molar-refractivity contribution in [1.29, 1.82) is 0 Å². The van der Waals surface area contributed by atoms with Crippen LogP contribution in [0, 0.1) is 6.92 Å². The van der Waals surface area contributed by atoms with Gasteiger partial charge in [-0.1, -0.05) is 0 Å². The highest BCUT2D eigenvalue weighted by Gasteiger charge is 2.18. The summed E-state index contributed by atoms with van der Waals surface area (Å²) in [7, 11) is -0.791. The monoisotopic (exact) mass is 297 g/mol. The molecule has 1 aromatic carbocycles. The molecule has 2 rings (SSSR count). The van der Waals surface area contributed by atoms with Crippen LogP contribution in [0.15, 0.2) is 29.3 Å². The van der Waals surface area contributed by atoms with Crippen molar-refractivity contribution in [3.05, 3.63) is 30.0 Å². The standard InChI is InChI=1S/C12H15N3O4S/c1-8-7-13-14-12(8)15-20(16,17)9-4-5-10(18-2)11(6-9)19-3/h4-7H,1-3H3,(H2,13,14,15). The van der Waals surface area contributed by atoms with Gasteiger partial charge in [-0.05, 0) is 19.1 Å². The van der Waals surface area contributed by atoms with Crippen LogP contribution < -0.4 is 14.2 Å². The van der Waals surface area contributed by atoms with Crippen molar-refractivity contribution in [1.82, 2.24) is 10.2 Å². The summed E-state index contributed by atoms with van der Waals surface area (Å²) in [5, 5.41) is 6.35. The predicted molar refractivity (Wildman–Crippen MR) is 73.7 cm³/mol. The zero-order chi connectivity index (χ0) is 14.8. The van der Waals surface area contributed by atoms with E-state index in [1.165, 1.54) is 38.6 Å². The van der Waals surface area contributed by atoms with Gasteiger partial charge in [0.1, 0.15) is 5.82 Å². The minimum atomic E-state index is -3.72. The molecule has 0 atom stereocenters. The molecule has 7 nitrogen and oxygen atoms in total. The lowest BCUT2D eigenvalue weighted by Crippen LogP contribution is -2.14. The summed E-state index contributed by atoms with van der Waals surface area (Å²) in [6, 6.07) is 4.37. The van der Waals surface area contributed by atoms with E-state index in [-0.39, 0.29) is 4.90 Å². The Morgan fingerprint density at radius 2 is 1.90 bits per heavy atom. The molecule has 0 aliphatic heterocycles. The molecule has 1 heterocycles. The topological polar surface area (TPSA) is 93.3 Å². The average Bonchev–Trinajstić information content (AvgIpc) is 2.82. The number of anilines is 1. The Labute approximate surface area is 117 Å². The maximum Gasteiger partial charge on any atom is 0.263 e. The summed E-state index contributed by atoms with van der Waals surface area (Å²) in [6.45, 7) is 1.75. The van der Waals surface area contributed by atoms with Crippen LogP contribution in [0.25, 0.3) is 0 Å². The van der Waals surface area contributed by atoms with Gasteiger partial charge in [-0.3, -0.25) is 9.82 Å². The maximum atomic E-state index is 12.3. The number of aromatic nitrogens is 2. The molecule has 0 fully saturated rings. The zero-order valence-corrected chi connectivity index (χ0v) is 12.1. The number of aryl methyl sites for hydroxylation is 1. The van der Waals surface area contributed by atoms with Crippen LogP contribution in [-0.2, 0) is 10.0 Å². The SMILES string of the molecule is COc1ccc(S(=O)(=O)Nc2[nH]ncc2C)cc1OC. The number of hydrogen-bond donors (Lipinski definition) is 2. The molecule has 0 aliphatic rings. The number of methoxy groups -OCH3 is 2. The quantitative estimate of drug-likeness (QED) is 0.873. The summed E-state index contributed by atoms with van der Waals surface area (Å²) in [5.74, 6) is 1.14. The molecule has 20 heavy (non-hydrogen) atoms. The highest BCUT2D eigenvalue weighted by Crippen LogP contribution is 2.30. The second-order valence-corrected chi connectivity index (χ2v) is 5.73. The van der Waals surface area contributed by atoms with Crippen LogP contribution in [0.3, 0.4) is 0 Å². The fourth-order valence-corrected chi connectivity index (χ4v) is 2.73. The number of hydrogen-bond acceptors (Lipinski definition) is 5. The normalized spacial score (nSPS) is 11.2. The molecule has 0 bridgehead atoms. The van der Waals surface area contributed by atoms with E-state index in [9.17, 15) is 8.42 Å². The van der Waals surface area contributed by atoms with Crippen molar-refractivity contribution < 1.29 is 17.9 Å². The summed E-state index contributed by atoms with van der Waals surface area (Å²) in [5.41, 5.74) is 0.703. The molecule has 2 N–H and O–H groups in total. The zero-order valence-electron chi connectivity index (χ0n) is 11.3. The first-order chi connectivity index (χ1) is 9.47. The largest absolute Gasteiger partial charge is 0.493 e. The number of ether oxygens (including phenoxy) is 2. The average molecular weight is 297 g/mol. The Morgan fingerprint density at radius 3 is 2.45 bits per heavy atom. The third-order valence-corrected chi connectivity index (χ3v) is 4.08. The Kier molecular flexibility index (Phi) is 3.84. The Balaban J connectivity index is 2.37. The van der Waals surface area contributed by atoms with Gasteiger partial charge >= 0.3 is 0 Å². The molecule has 0 spiro atoms. The minimum Gasteiger partial charge on any atom is -0.493 e. The number of nitrogens with one attached hydrogen (secondary N) is 2. The lowest BCUT2D eigenvalue weighted by atomic mass is 10.3. The first-order valence-corrected chi connectivity index (χ1v) is 7.21. The van der Waals surface area contributed by atoms with E-state index in [1.54, 1.807) is 6.92 Å². The van der Waals surface area contributed by atoms with E-state index in [2.05, 4.69) is 14.9 Å². The predicted octanol–water partition coefficient (Wildman–Crippen LogP) is 1.54. The van der Waals surface area contributed by atoms with Gasteiger partial charge in [0.2, 0.25) is 0 Å². The second kappa shape index (κ2) is 5.41. The van der Waals surface area contributed by atoms with Gasteiger partial charge in [0, 0.05) is 11.6 Å². The van der Waals surface area contributed by atoms with Crippen molar-refractivity contribution in [2.24, 2.45) is 0 Å². The van der Waals surface area contributed by atoms with Crippen LogP contribution in [0.1, 0.15) is 5.56 Å². The maximum absolute atomic E-state index is 12.3. The van der Waals surface area contributed by atoms with Gasteiger partial charge in [-0.2, -0.15) is 5.10 Å². The lowest BCUT2D eigenvalue weighted by molar-refractivity contribution is 0.354. The van der Waals surface area contributed by atoms with Crippen molar-refractivity contribution in [3.8, 4) is 11.5 Å². The first kappa shape index (κ1) is 14.2. The lowest BCUT2D eigenvalue weighted by Gasteiger charge is -2.11. The van der Waals surface area contributed by atoms with Gasteiger partial charge < -0.3 is 9.47 Å². The van der Waals surface area contributed by atoms with Gasteiger partial charge in [0.15, 0.2) is 11.5 Å². The molecule has 0 radical (unpaired) electrons. The van der Waals surface area contributed by atoms with E-state index in [1.807, 2.05) is 0 Å². The van der Waals surface area contributed by atoms with Crippen LogP contribution in [-0.4, -0.2) is 32.8 Å². The van der Waals surface area contributed by atoms with E-state index in [0.717, 1.165) is 0 Å². The summed E-state index contributed by atoms with van der Waals surface area (Å²) in [4.78, 5) is 0.0733. The smallest absolute Gasteiger partial charge is 0.263 e. The Morgan fingerprint density at radius 1 is 1.20 bits per heavy atom. The van der Waals surface area contributed by atoms with Crippen LogP contribution in [0.4, 0.5) is 5.82 Å². The molecule has 0 amide bonds. The van der Waals surface area contributed by atoms with E-state index < -0.39 is 10.0 Å². The number of aromatic amines is 1. The molecule has 108 valence electrons. The van der Waals surface area contributed by atoms with Gasteiger partial charge in [-0.15, -0.1) is 0 Å². The van der Waals surface area contributed by atoms with Gasteiger partial charge in [0.05, 0.1) is 25.3 Å². The van der Waals surface area contributed by atoms with Crippen molar-refractivity contribution in [2.45, 2.75) is 11.8 Å². The number of rotatable bonds is 5. The van der Waals surface area contributed by atoms with Crippen molar-refractivity contribution in [2.75, 3.05) is 18.9 Å². The summed E-state index contributed by atoms with van der Waals surface area (Å²) >= 11 is 0. The second-order valence-electron chi connectivity index (χ2n) is 4.05. The third kappa shape index (κ3) is 2.69. The Hall–Kier alpha value is -2.22. The van der Waals surface area contributed by atoms with Crippen LogP contribution >= 0.6 is 0 Å². The number of nitrogens with zero attached hydrogens (tertiary/aromatic N) is 1. The minimum absolute atomic E-state index is 0.0733. The number of H-pyrrole nitrogens is 1. The molecule has 0 saturated carbocycles. The molecule has 2 aromatic rings. The van der Waals surface area contributed by atoms with Crippen molar-refractivity contribution >= 4 is 15.8 Å². The van der Waals surface area contributed by atoms with E-state index in [4.69, 9.17) is 9.47 Å². The van der Waals surface area contributed by atoms with Gasteiger partial charge in [0.25, 0.3) is 10.0 Å². The number of sulfonamides is 1. The summed E-state index contributed by atoms with van der Waals surface area (Å²) in [6.07, 6.45) is 1.53. The fraction of sp³-hybridized carbons (Fsp3) is 0.250. The molecular weight excluding hydrogens is 282 g/mol. The fourth-order valence-electron chi connectivity index (χ4n) is 1.63. The van der Waals surface area contributed by atoms with Gasteiger partial charge in [-0.25, -0.2) is 8.42 Å². The molecule has 8 heteroatoms. The molecule has 1 aromatic heterocycles. The highest BCUT2D eigenvalue weighted by molar-refractivity contribution is 7.92. The summed E-state index contributed by atoms with van der Waals surface area (Å²) < 4.78 is 37.1. The van der Waals surface area contributed by atoms with E-state index >= 15 is 0 Å². The Bertz CT molecular complexity index is 709. The molecule has 0 unspecified atom stereocenters. The molecule has 0 saturated heterocycles. The molecular formula is C12H15N3O4S. The molecule has 0 aliphatic carbocycles. The van der Waals surface area contributed by atoms with Crippen molar-refractivity contribution in [3.63, 3.8) is 0 Å². The third-order valence-electron chi connectivity index (χ3n) is 2.73. The highest BCUT2D eigenvalue weighted by atomic mass is 32.2. The number of benzene rings is 1. The van der Waals surface area contributed by atoms with Crippen LogP contribution in [0.2, 0.25) is 0 Å². The van der Waals surface area contributed by atoms with E-state index in [0.29, 0.717) is 22.9 Å².